The van der Waals surface area contributed by atoms with Gasteiger partial charge in [0.1, 0.15) is 17.7 Å². The van der Waals surface area contributed by atoms with Crippen molar-refractivity contribution in [1.82, 2.24) is 5.32 Å². The van der Waals surface area contributed by atoms with Gasteiger partial charge in [0, 0.05) is 5.33 Å². The molecule has 1 aliphatic rings. The number of hydrogen-bond donors (Lipinski definition) is 1. The molecular weight excluding hydrogens is 338 g/mol. The minimum atomic E-state index is -0.671. The van der Waals surface area contributed by atoms with Gasteiger partial charge in [0.2, 0.25) is 0 Å². The highest BCUT2D eigenvalue weighted by molar-refractivity contribution is 9.09. The van der Waals surface area contributed by atoms with Gasteiger partial charge < -0.3 is 14.8 Å². The van der Waals surface area contributed by atoms with E-state index in [9.17, 15) is 9.59 Å². The molecule has 0 aliphatic heterocycles. The van der Waals surface area contributed by atoms with Crippen LogP contribution in [0.4, 0.5) is 4.79 Å². The molecule has 1 N–H and O–H groups in total. The number of rotatable bonds is 5. The number of carbonyl (C=O) groups excluding carboxylic acids is 2. The van der Waals surface area contributed by atoms with E-state index in [1.165, 1.54) is 0 Å². The number of esters is 1. The summed E-state index contributed by atoms with van der Waals surface area (Å²) in [5.74, 6) is 0.218. The third-order valence-corrected chi connectivity index (χ3v) is 3.76. The van der Waals surface area contributed by atoms with E-state index < -0.39 is 17.7 Å². The van der Waals surface area contributed by atoms with E-state index in [1.54, 1.807) is 20.8 Å². The molecular formula is C15H26BrNO4. The summed E-state index contributed by atoms with van der Waals surface area (Å²) in [7, 11) is 0. The lowest BCUT2D eigenvalue weighted by Gasteiger charge is -2.23. The average molecular weight is 364 g/mol. The van der Waals surface area contributed by atoms with E-state index in [0.29, 0.717) is 17.7 Å². The van der Waals surface area contributed by atoms with Gasteiger partial charge in [-0.05, 0) is 52.4 Å². The third-order valence-electron chi connectivity index (χ3n) is 3.30. The highest BCUT2D eigenvalue weighted by Crippen LogP contribution is 2.27. The van der Waals surface area contributed by atoms with E-state index >= 15 is 0 Å². The van der Waals surface area contributed by atoms with Gasteiger partial charge in [0.05, 0.1) is 0 Å². The van der Waals surface area contributed by atoms with Crippen LogP contribution in [-0.4, -0.2) is 35.1 Å². The van der Waals surface area contributed by atoms with Gasteiger partial charge in [-0.1, -0.05) is 22.9 Å². The Labute approximate surface area is 135 Å². The summed E-state index contributed by atoms with van der Waals surface area (Å²) in [6, 6.07) is -0.671. The van der Waals surface area contributed by atoms with Crippen molar-refractivity contribution in [2.45, 2.75) is 71.1 Å². The van der Waals surface area contributed by atoms with Gasteiger partial charge in [0.15, 0.2) is 0 Å². The zero-order valence-electron chi connectivity index (χ0n) is 13.3. The lowest BCUT2D eigenvalue weighted by Crippen LogP contribution is -2.45. The molecule has 122 valence electrons. The molecule has 1 aliphatic carbocycles. The molecule has 5 nitrogen and oxygen atoms in total. The lowest BCUT2D eigenvalue weighted by atomic mass is 10.1. The van der Waals surface area contributed by atoms with Crippen molar-refractivity contribution in [1.29, 1.82) is 0 Å². The SMILES string of the molecule is CC1CCC(OC(=O)C(CCBr)NC(=O)OC(C)(C)C)C1. The number of hydrogen-bond acceptors (Lipinski definition) is 4. The van der Waals surface area contributed by atoms with Crippen LogP contribution < -0.4 is 5.32 Å². The predicted molar refractivity (Wildman–Crippen MR) is 84.5 cm³/mol. The fraction of sp³-hybridized carbons (Fsp3) is 0.867. The van der Waals surface area contributed by atoms with Crippen LogP contribution in [-0.2, 0) is 14.3 Å². The average Bonchev–Trinajstić information content (AvgIpc) is 2.71. The van der Waals surface area contributed by atoms with Crippen LogP contribution >= 0.6 is 15.9 Å². The molecule has 1 fully saturated rings. The number of halogens is 1. The Kier molecular flexibility index (Phi) is 6.97. The smallest absolute Gasteiger partial charge is 0.408 e. The van der Waals surface area contributed by atoms with Crippen molar-refractivity contribution in [2.75, 3.05) is 5.33 Å². The molecule has 0 aromatic heterocycles. The monoisotopic (exact) mass is 363 g/mol. The van der Waals surface area contributed by atoms with Crippen molar-refractivity contribution in [3.8, 4) is 0 Å². The summed E-state index contributed by atoms with van der Waals surface area (Å²) in [5.41, 5.74) is -0.589. The Morgan fingerprint density at radius 2 is 2.00 bits per heavy atom. The quantitative estimate of drug-likeness (QED) is 0.600. The van der Waals surface area contributed by atoms with Crippen molar-refractivity contribution >= 4 is 28.0 Å². The van der Waals surface area contributed by atoms with Crippen LogP contribution in [0.2, 0.25) is 0 Å². The van der Waals surface area contributed by atoms with E-state index in [2.05, 4.69) is 28.2 Å². The molecule has 21 heavy (non-hydrogen) atoms. The van der Waals surface area contributed by atoms with Gasteiger partial charge in [-0.25, -0.2) is 9.59 Å². The number of nitrogens with one attached hydrogen (secondary N) is 1. The van der Waals surface area contributed by atoms with E-state index in [4.69, 9.17) is 9.47 Å². The number of alkyl halides is 1. The van der Waals surface area contributed by atoms with Crippen LogP contribution in [0, 0.1) is 5.92 Å². The predicted octanol–water partition coefficient (Wildman–Crippen LogP) is 3.40. The van der Waals surface area contributed by atoms with Gasteiger partial charge in [0.25, 0.3) is 0 Å². The zero-order valence-corrected chi connectivity index (χ0v) is 14.9. The summed E-state index contributed by atoms with van der Waals surface area (Å²) in [6.07, 6.45) is 2.75. The molecule has 3 unspecified atom stereocenters. The Balaban J connectivity index is 2.51. The topological polar surface area (TPSA) is 64.6 Å². The second-order valence-electron chi connectivity index (χ2n) is 6.65. The van der Waals surface area contributed by atoms with E-state index in [-0.39, 0.29) is 12.1 Å². The number of ether oxygens (including phenoxy) is 2. The fourth-order valence-corrected chi connectivity index (χ4v) is 2.77. The third kappa shape index (κ3) is 7.16. The first-order valence-corrected chi connectivity index (χ1v) is 8.59. The van der Waals surface area contributed by atoms with Crippen LogP contribution in [0.25, 0.3) is 0 Å². The number of carbonyl (C=O) groups is 2. The summed E-state index contributed by atoms with van der Waals surface area (Å²) in [4.78, 5) is 24.0. The summed E-state index contributed by atoms with van der Waals surface area (Å²) < 4.78 is 10.7. The maximum Gasteiger partial charge on any atom is 0.408 e. The zero-order chi connectivity index (χ0) is 16.0. The van der Waals surface area contributed by atoms with Crippen LogP contribution in [0.15, 0.2) is 0 Å². The van der Waals surface area contributed by atoms with Crippen molar-refractivity contribution in [2.24, 2.45) is 5.92 Å². The van der Waals surface area contributed by atoms with E-state index in [1.807, 2.05) is 0 Å². The molecule has 0 radical (unpaired) electrons. The first-order valence-electron chi connectivity index (χ1n) is 7.47. The molecule has 1 amide bonds. The standard InChI is InChI=1S/C15H26BrNO4/c1-10-5-6-11(9-10)20-13(18)12(7-8-16)17-14(19)21-15(2,3)4/h10-12H,5-9H2,1-4H3,(H,17,19). The van der Waals surface area contributed by atoms with Gasteiger partial charge in [-0.15, -0.1) is 0 Å². The molecule has 3 atom stereocenters. The molecule has 0 spiro atoms. The molecule has 0 saturated heterocycles. The summed E-state index contributed by atoms with van der Waals surface area (Å²) in [5, 5.41) is 3.19. The number of alkyl carbamates (subject to hydrolysis) is 1. The maximum absolute atomic E-state index is 12.2. The Morgan fingerprint density at radius 1 is 1.33 bits per heavy atom. The van der Waals surface area contributed by atoms with Gasteiger partial charge in [-0.3, -0.25) is 0 Å². The number of amides is 1. The molecule has 0 aromatic rings. The van der Waals surface area contributed by atoms with Crippen LogP contribution in [0.3, 0.4) is 0 Å². The van der Waals surface area contributed by atoms with Crippen LogP contribution in [0.5, 0.6) is 0 Å². The minimum absolute atomic E-state index is 0.0224. The van der Waals surface area contributed by atoms with Gasteiger partial charge in [-0.2, -0.15) is 0 Å². The molecule has 0 heterocycles. The lowest BCUT2D eigenvalue weighted by molar-refractivity contribution is -0.151. The summed E-state index contributed by atoms with van der Waals surface area (Å²) in [6.45, 7) is 7.50. The Bertz CT molecular complexity index is 367. The second-order valence-corrected chi connectivity index (χ2v) is 7.45. The van der Waals surface area contributed by atoms with Gasteiger partial charge >= 0.3 is 12.1 Å². The van der Waals surface area contributed by atoms with Crippen molar-refractivity contribution < 1.29 is 19.1 Å². The Hall–Kier alpha value is -0.780. The molecule has 6 heteroatoms. The highest BCUT2D eigenvalue weighted by atomic mass is 79.9. The van der Waals surface area contributed by atoms with Crippen molar-refractivity contribution in [3.63, 3.8) is 0 Å². The molecule has 1 saturated carbocycles. The van der Waals surface area contributed by atoms with Crippen LogP contribution in [0.1, 0.15) is 53.4 Å². The van der Waals surface area contributed by atoms with Crippen molar-refractivity contribution in [3.05, 3.63) is 0 Å². The molecule has 0 aromatic carbocycles. The fourth-order valence-electron chi connectivity index (χ4n) is 2.32. The summed E-state index contributed by atoms with van der Waals surface area (Å²) >= 11 is 3.29. The first kappa shape index (κ1) is 18.3. The molecule has 1 rings (SSSR count). The molecule has 0 bridgehead atoms. The Morgan fingerprint density at radius 3 is 2.48 bits per heavy atom. The highest BCUT2D eigenvalue weighted by Gasteiger charge is 2.30. The normalized spacial score (nSPS) is 23.5. The first-order chi connectivity index (χ1) is 9.71. The maximum atomic E-state index is 12.2. The second kappa shape index (κ2) is 8.01. The largest absolute Gasteiger partial charge is 0.461 e. The van der Waals surface area contributed by atoms with E-state index in [0.717, 1.165) is 19.3 Å². The minimum Gasteiger partial charge on any atom is -0.461 e.